The Labute approximate surface area is 98.1 Å². The first-order chi connectivity index (χ1) is 8.20. The van der Waals surface area contributed by atoms with Crippen LogP contribution in [0.1, 0.15) is 10.4 Å². The summed E-state index contributed by atoms with van der Waals surface area (Å²) in [6, 6.07) is 7.19. The van der Waals surface area contributed by atoms with Gasteiger partial charge in [-0.25, -0.2) is 0 Å². The first kappa shape index (κ1) is 11.6. The van der Waals surface area contributed by atoms with Crippen molar-refractivity contribution in [2.75, 3.05) is 13.2 Å². The number of hydrogen-bond donors (Lipinski definition) is 4. The predicted molar refractivity (Wildman–Crippen MR) is 63.7 cm³/mol. The molecule has 2 aromatic rings. The summed E-state index contributed by atoms with van der Waals surface area (Å²) in [6.45, 7) is -0.322. The molecule has 0 aliphatic carbocycles. The number of amides is 1. The first-order valence-electron chi connectivity index (χ1n) is 5.35. The molecule has 1 atom stereocenters. The molecule has 1 aromatic carbocycles. The van der Waals surface area contributed by atoms with E-state index in [1.165, 1.54) is 0 Å². The zero-order chi connectivity index (χ0) is 12.3. The molecule has 5 heteroatoms. The lowest BCUT2D eigenvalue weighted by molar-refractivity contribution is 0.0802. The van der Waals surface area contributed by atoms with E-state index in [4.69, 9.17) is 10.2 Å². The average molecular weight is 234 g/mol. The van der Waals surface area contributed by atoms with Crippen molar-refractivity contribution in [3.8, 4) is 0 Å². The number of aliphatic hydroxyl groups is 2. The van der Waals surface area contributed by atoms with Gasteiger partial charge in [-0.05, 0) is 24.3 Å². The highest BCUT2D eigenvalue weighted by Crippen LogP contribution is 2.14. The Balaban J connectivity index is 2.08. The Kier molecular flexibility index (Phi) is 3.41. The Morgan fingerprint density at radius 1 is 1.41 bits per heavy atom. The van der Waals surface area contributed by atoms with Crippen molar-refractivity contribution in [1.82, 2.24) is 10.3 Å². The second-order valence-electron chi connectivity index (χ2n) is 3.83. The molecular weight excluding hydrogens is 220 g/mol. The molecule has 1 unspecified atom stereocenters. The van der Waals surface area contributed by atoms with E-state index in [0.29, 0.717) is 5.56 Å². The zero-order valence-corrected chi connectivity index (χ0v) is 9.18. The van der Waals surface area contributed by atoms with Crippen molar-refractivity contribution < 1.29 is 15.0 Å². The maximum atomic E-state index is 11.7. The SMILES string of the molecule is O=C(NCC(O)CO)c1ccc2[nH]ccc2c1. The molecule has 0 fully saturated rings. The number of fused-ring (bicyclic) bond motifs is 1. The molecule has 4 N–H and O–H groups in total. The summed E-state index contributed by atoms with van der Waals surface area (Å²) in [5.74, 6) is -0.263. The number of hydrogen-bond acceptors (Lipinski definition) is 3. The summed E-state index contributed by atoms with van der Waals surface area (Å²) in [7, 11) is 0. The lowest BCUT2D eigenvalue weighted by Crippen LogP contribution is -2.33. The van der Waals surface area contributed by atoms with Gasteiger partial charge in [0.2, 0.25) is 0 Å². The fraction of sp³-hybridized carbons (Fsp3) is 0.250. The smallest absolute Gasteiger partial charge is 0.251 e. The van der Waals surface area contributed by atoms with Gasteiger partial charge in [-0.15, -0.1) is 0 Å². The van der Waals surface area contributed by atoms with Crippen molar-refractivity contribution >= 4 is 16.8 Å². The molecule has 5 nitrogen and oxygen atoms in total. The Bertz CT molecular complexity index is 521. The summed E-state index contributed by atoms with van der Waals surface area (Å²) >= 11 is 0. The molecule has 0 aliphatic heterocycles. The van der Waals surface area contributed by atoms with E-state index in [9.17, 15) is 4.79 Å². The topological polar surface area (TPSA) is 85.3 Å². The number of carbonyl (C=O) groups excluding carboxylic acids is 1. The maximum Gasteiger partial charge on any atom is 0.251 e. The molecule has 0 radical (unpaired) electrons. The van der Waals surface area contributed by atoms with Gasteiger partial charge < -0.3 is 20.5 Å². The summed E-state index contributed by atoms with van der Waals surface area (Å²) in [5.41, 5.74) is 1.50. The fourth-order valence-electron chi connectivity index (χ4n) is 1.57. The van der Waals surface area contributed by atoms with Crippen molar-refractivity contribution in [2.24, 2.45) is 0 Å². The van der Waals surface area contributed by atoms with Crippen LogP contribution >= 0.6 is 0 Å². The van der Waals surface area contributed by atoms with Crippen LogP contribution in [-0.4, -0.2) is 40.4 Å². The minimum absolute atomic E-state index is 0.0422. The Morgan fingerprint density at radius 3 is 3.00 bits per heavy atom. The van der Waals surface area contributed by atoms with Crippen molar-refractivity contribution in [3.05, 3.63) is 36.0 Å². The van der Waals surface area contributed by atoms with Crippen molar-refractivity contribution in [1.29, 1.82) is 0 Å². The molecule has 0 saturated heterocycles. The highest BCUT2D eigenvalue weighted by Gasteiger charge is 2.08. The number of nitrogens with one attached hydrogen (secondary N) is 2. The first-order valence-corrected chi connectivity index (χ1v) is 5.35. The lowest BCUT2D eigenvalue weighted by atomic mass is 10.1. The van der Waals surface area contributed by atoms with Crippen LogP contribution in [0, 0.1) is 0 Å². The van der Waals surface area contributed by atoms with E-state index in [2.05, 4.69) is 10.3 Å². The number of aromatic amines is 1. The van der Waals surface area contributed by atoms with Crippen LogP contribution in [0.15, 0.2) is 30.5 Å². The van der Waals surface area contributed by atoms with Crippen LogP contribution in [0.5, 0.6) is 0 Å². The average Bonchev–Trinajstić information content (AvgIpc) is 2.82. The normalized spacial score (nSPS) is 12.6. The summed E-state index contributed by atoms with van der Waals surface area (Å²) in [6.07, 6.45) is 0.886. The predicted octanol–water partition coefficient (Wildman–Crippen LogP) is 0.251. The van der Waals surface area contributed by atoms with E-state index >= 15 is 0 Å². The van der Waals surface area contributed by atoms with Crippen LogP contribution in [0.2, 0.25) is 0 Å². The van der Waals surface area contributed by atoms with Gasteiger partial charge in [0.05, 0.1) is 12.7 Å². The minimum Gasteiger partial charge on any atom is -0.394 e. The van der Waals surface area contributed by atoms with Gasteiger partial charge in [-0.1, -0.05) is 0 Å². The number of carbonyl (C=O) groups is 1. The number of aromatic nitrogens is 1. The largest absolute Gasteiger partial charge is 0.394 e. The van der Waals surface area contributed by atoms with Crippen LogP contribution in [-0.2, 0) is 0 Å². The number of benzene rings is 1. The van der Waals surface area contributed by atoms with Gasteiger partial charge in [0.25, 0.3) is 5.91 Å². The van der Waals surface area contributed by atoms with Gasteiger partial charge in [0.1, 0.15) is 0 Å². The molecule has 90 valence electrons. The third kappa shape index (κ3) is 2.64. The van der Waals surface area contributed by atoms with Crippen molar-refractivity contribution in [3.63, 3.8) is 0 Å². The van der Waals surface area contributed by atoms with Gasteiger partial charge in [-0.3, -0.25) is 4.79 Å². The second-order valence-corrected chi connectivity index (χ2v) is 3.83. The molecule has 0 spiro atoms. The van der Waals surface area contributed by atoms with Gasteiger partial charge >= 0.3 is 0 Å². The molecule has 2 rings (SSSR count). The highest BCUT2D eigenvalue weighted by atomic mass is 16.3. The molecule has 17 heavy (non-hydrogen) atoms. The van der Waals surface area contributed by atoms with Crippen LogP contribution in [0.25, 0.3) is 10.9 Å². The van der Waals surface area contributed by atoms with Gasteiger partial charge in [0.15, 0.2) is 0 Å². The third-order valence-electron chi connectivity index (χ3n) is 2.52. The number of rotatable bonds is 4. The molecule has 1 amide bonds. The van der Waals surface area contributed by atoms with E-state index in [-0.39, 0.29) is 19.1 Å². The zero-order valence-electron chi connectivity index (χ0n) is 9.18. The molecule has 1 aromatic heterocycles. The Hall–Kier alpha value is -1.85. The molecule has 0 saturated carbocycles. The van der Waals surface area contributed by atoms with Crippen LogP contribution < -0.4 is 5.32 Å². The quantitative estimate of drug-likeness (QED) is 0.611. The van der Waals surface area contributed by atoms with Crippen LogP contribution in [0.4, 0.5) is 0 Å². The number of aliphatic hydroxyl groups excluding tert-OH is 2. The lowest BCUT2D eigenvalue weighted by Gasteiger charge is -2.08. The van der Waals surface area contributed by atoms with Gasteiger partial charge in [0, 0.05) is 29.2 Å². The maximum absolute atomic E-state index is 11.7. The molecule has 0 aliphatic rings. The van der Waals surface area contributed by atoms with E-state index < -0.39 is 6.10 Å². The van der Waals surface area contributed by atoms with Crippen molar-refractivity contribution in [2.45, 2.75) is 6.10 Å². The molecular formula is C12H14N2O3. The minimum atomic E-state index is -0.921. The van der Waals surface area contributed by atoms with E-state index in [1.807, 2.05) is 18.3 Å². The summed E-state index contributed by atoms with van der Waals surface area (Å²) in [4.78, 5) is 14.8. The number of H-pyrrole nitrogens is 1. The molecule has 0 bridgehead atoms. The van der Waals surface area contributed by atoms with Crippen LogP contribution in [0.3, 0.4) is 0 Å². The van der Waals surface area contributed by atoms with Gasteiger partial charge in [-0.2, -0.15) is 0 Å². The fourth-order valence-corrected chi connectivity index (χ4v) is 1.57. The Morgan fingerprint density at radius 2 is 2.24 bits per heavy atom. The van der Waals surface area contributed by atoms with E-state index in [1.54, 1.807) is 12.1 Å². The summed E-state index contributed by atoms with van der Waals surface area (Å²) < 4.78 is 0. The monoisotopic (exact) mass is 234 g/mol. The van der Waals surface area contributed by atoms with E-state index in [0.717, 1.165) is 10.9 Å². The summed E-state index contributed by atoms with van der Waals surface area (Å²) in [5, 5.41) is 21.3. The highest BCUT2D eigenvalue weighted by molar-refractivity contribution is 5.98. The second kappa shape index (κ2) is 4.99. The molecule has 1 heterocycles. The standard InChI is InChI=1S/C12H14N2O3/c15-7-10(16)6-14-12(17)9-1-2-11-8(5-9)3-4-13-11/h1-5,10,13,15-16H,6-7H2,(H,14,17). The third-order valence-corrected chi connectivity index (χ3v) is 2.52.